The molecule has 0 amide bonds. The fourth-order valence-electron chi connectivity index (χ4n) is 2.55. The lowest BCUT2D eigenvalue weighted by atomic mass is 9.99. The third-order valence-electron chi connectivity index (χ3n) is 3.47. The van der Waals surface area contributed by atoms with Crippen molar-refractivity contribution < 1.29 is 0 Å². The number of hydrogen-bond acceptors (Lipinski definition) is 1. The number of benzene rings is 1. The van der Waals surface area contributed by atoms with Crippen LogP contribution in [0.3, 0.4) is 0 Å². The molecule has 1 aliphatic rings. The summed E-state index contributed by atoms with van der Waals surface area (Å²) in [5.74, 6) is 0. The summed E-state index contributed by atoms with van der Waals surface area (Å²) in [7, 11) is 4.33. The number of para-hydroxylation sites is 1. The van der Waals surface area contributed by atoms with E-state index in [0.29, 0.717) is 6.04 Å². The van der Waals surface area contributed by atoms with Crippen LogP contribution in [0, 0.1) is 0 Å². The van der Waals surface area contributed by atoms with Crippen LogP contribution >= 0.6 is 0 Å². The topological polar surface area (TPSA) is 8.17 Å². The average Bonchev–Trinajstić information content (AvgIpc) is 2.64. The van der Waals surface area contributed by atoms with Gasteiger partial charge >= 0.3 is 0 Å². The fourth-order valence-corrected chi connectivity index (χ4v) is 2.55. The largest absolute Gasteiger partial charge is 0.346 e. The molecule has 2 heteroatoms. The molecule has 0 aliphatic carbocycles. The van der Waals surface area contributed by atoms with Gasteiger partial charge in [0, 0.05) is 18.8 Å². The van der Waals surface area contributed by atoms with E-state index in [2.05, 4.69) is 54.0 Å². The van der Waals surface area contributed by atoms with Crippen molar-refractivity contribution in [2.75, 3.05) is 14.1 Å². The van der Waals surface area contributed by atoms with Crippen LogP contribution in [0.1, 0.15) is 5.56 Å². The lowest BCUT2D eigenvalue weighted by Gasteiger charge is -2.29. The molecule has 1 aromatic heterocycles. The van der Waals surface area contributed by atoms with Gasteiger partial charge in [-0.1, -0.05) is 18.2 Å². The summed E-state index contributed by atoms with van der Waals surface area (Å²) in [6.45, 7) is 1.12. The highest BCUT2D eigenvalue weighted by Gasteiger charge is 2.21. The van der Waals surface area contributed by atoms with Gasteiger partial charge < -0.3 is 9.47 Å². The van der Waals surface area contributed by atoms with Gasteiger partial charge in [0.05, 0.1) is 5.52 Å². The highest BCUT2D eigenvalue weighted by molar-refractivity contribution is 5.84. The molecule has 2 nitrogen and oxygen atoms in total. The van der Waals surface area contributed by atoms with Crippen LogP contribution in [0.25, 0.3) is 10.9 Å². The van der Waals surface area contributed by atoms with Crippen molar-refractivity contribution in [2.45, 2.75) is 19.0 Å². The Balaban J connectivity index is 2.16. The molecule has 1 aromatic carbocycles. The molecule has 78 valence electrons. The number of rotatable bonds is 1. The quantitative estimate of drug-likeness (QED) is 0.684. The van der Waals surface area contributed by atoms with Crippen molar-refractivity contribution in [1.29, 1.82) is 0 Å². The van der Waals surface area contributed by atoms with Crippen molar-refractivity contribution in [1.82, 2.24) is 9.47 Å². The first kappa shape index (κ1) is 8.98. The Morgan fingerprint density at radius 2 is 2.13 bits per heavy atom. The number of hydrogen-bond donors (Lipinski definition) is 0. The molecule has 0 bridgehead atoms. The van der Waals surface area contributed by atoms with Crippen LogP contribution < -0.4 is 0 Å². The van der Waals surface area contributed by atoms with Gasteiger partial charge in [0.1, 0.15) is 0 Å². The van der Waals surface area contributed by atoms with Gasteiger partial charge in [-0.25, -0.2) is 0 Å². The first-order valence-corrected chi connectivity index (χ1v) is 5.49. The SMILES string of the molecule is CN(C)[C@@H]1Cc2cccc3ccn(c23)C1. The predicted molar refractivity (Wildman–Crippen MR) is 63.1 cm³/mol. The van der Waals surface area contributed by atoms with Gasteiger partial charge in [0.25, 0.3) is 0 Å². The highest BCUT2D eigenvalue weighted by atomic mass is 15.1. The summed E-state index contributed by atoms with van der Waals surface area (Å²) in [5, 5.41) is 1.38. The Bertz CT molecular complexity index is 496. The Hall–Kier alpha value is -1.28. The van der Waals surface area contributed by atoms with E-state index >= 15 is 0 Å². The maximum absolute atomic E-state index is 2.39. The van der Waals surface area contributed by atoms with E-state index in [1.165, 1.54) is 22.9 Å². The molecule has 0 saturated carbocycles. The summed E-state index contributed by atoms with van der Waals surface area (Å²) in [6, 6.07) is 9.48. The highest BCUT2D eigenvalue weighted by Crippen LogP contribution is 2.27. The van der Waals surface area contributed by atoms with E-state index in [0.717, 1.165) is 6.54 Å². The van der Waals surface area contributed by atoms with E-state index in [4.69, 9.17) is 0 Å². The minimum atomic E-state index is 0.635. The van der Waals surface area contributed by atoms with Gasteiger partial charge in [0.15, 0.2) is 0 Å². The molecule has 1 aliphatic heterocycles. The summed E-state index contributed by atoms with van der Waals surface area (Å²) in [4.78, 5) is 2.32. The van der Waals surface area contributed by atoms with Crippen molar-refractivity contribution in [3.8, 4) is 0 Å². The van der Waals surface area contributed by atoms with Gasteiger partial charge in [-0.15, -0.1) is 0 Å². The van der Waals surface area contributed by atoms with E-state index in [-0.39, 0.29) is 0 Å². The molecule has 0 fully saturated rings. The van der Waals surface area contributed by atoms with E-state index in [1.54, 1.807) is 0 Å². The van der Waals surface area contributed by atoms with Crippen LogP contribution in [0.5, 0.6) is 0 Å². The zero-order valence-corrected chi connectivity index (χ0v) is 9.27. The molecular weight excluding hydrogens is 184 g/mol. The average molecular weight is 200 g/mol. The summed E-state index contributed by atoms with van der Waals surface area (Å²) in [5.41, 5.74) is 2.93. The third-order valence-corrected chi connectivity index (χ3v) is 3.47. The second-order valence-corrected chi connectivity index (χ2v) is 4.64. The summed E-state index contributed by atoms with van der Waals surface area (Å²) in [6.07, 6.45) is 3.39. The molecule has 0 unspecified atom stereocenters. The fraction of sp³-hybridized carbons (Fsp3) is 0.385. The number of nitrogens with zero attached hydrogens (tertiary/aromatic N) is 2. The van der Waals surface area contributed by atoms with Crippen LogP contribution in [0.2, 0.25) is 0 Å². The standard InChI is InChI=1S/C13H16N2/c1-14(2)12-8-11-5-3-4-10-6-7-15(9-12)13(10)11/h3-7,12H,8-9H2,1-2H3/t12-/m1/s1. The van der Waals surface area contributed by atoms with Crippen LogP contribution in [0.15, 0.2) is 30.5 Å². The minimum Gasteiger partial charge on any atom is -0.346 e. The molecule has 1 atom stereocenters. The first-order chi connectivity index (χ1) is 7.25. The zero-order valence-electron chi connectivity index (χ0n) is 9.27. The van der Waals surface area contributed by atoms with Crippen molar-refractivity contribution in [3.05, 3.63) is 36.0 Å². The number of likely N-dealkylation sites (N-methyl/N-ethyl adjacent to an activating group) is 1. The zero-order chi connectivity index (χ0) is 10.4. The van der Waals surface area contributed by atoms with Gasteiger partial charge in [-0.3, -0.25) is 0 Å². The first-order valence-electron chi connectivity index (χ1n) is 5.49. The third kappa shape index (κ3) is 1.29. The molecule has 0 saturated heterocycles. The Morgan fingerprint density at radius 1 is 1.27 bits per heavy atom. The molecule has 2 heterocycles. The van der Waals surface area contributed by atoms with E-state index in [9.17, 15) is 0 Å². The monoisotopic (exact) mass is 200 g/mol. The Morgan fingerprint density at radius 3 is 2.93 bits per heavy atom. The maximum Gasteiger partial charge on any atom is 0.0513 e. The summed E-state index contributed by atoms with van der Waals surface area (Å²) < 4.78 is 2.39. The lowest BCUT2D eigenvalue weighted by molar-refractivity contribution is 0.258. The molecule has 3 rings (SSSR count). The van der Waals surface area contributed by atoms with Crippen molar-refractivity contribution in [2.24, 2.45) is 0 Å². The molecule has 15 heavy (non-hydrogen) atoms. The van der Waals surface area contributed by atoms with Gasteiger partial charge in [-0.2, -0.15) is 0 Å². The summed E-state index contributed by atoms with van der Waals surface area (Å²) >= 11 is 0. The molecular formula is C13H16N2. The lowest BCUT2D eigenvalue weighted by Crippen LogP contribution is -2.36. The van der Waals surface area contributed by atoms with Gasteiger partial charge in [0.2, 0.25) is 0 Å². The molecule has 2 aromatic rings. The normalized spacial score (nSPS) is 20.1. The minimum absolute atomic E-state index is 0.635. The Labute approximate surface area is 90.1 Å². The van der Waals surface area contributed by atoms with Gasteiger partial charge in [-0.05, 0) is 37.5 Å². The van der Waals surface area contributed by atoms with Crippen molar-refractivity contribution >= 4 is 10.9 Å². The van der Waals surface area contributed by atoms with Crippen LogP contribution in [0.4, 0.5) is 0 Å². The second-order valence-electron chi connectivity index (χ2n) is 4.64. The number of aromatic nitrogens is 1. The predicted octanol–water partition coefficient (Wildman–Crippen LogP) is 2.13. The van der Waals surface area contributed by atoms with E-state index in [1.807, 2.05) is 0 Å². The smallest absolute Gasteiger partial charge is 0.0513 e. The molecule has 0 N–H and O–H groups in total. The van der Waals surface area contributed by atoms with Crippen LogP contribution in [-0.4, -0.2) is 29.6 Å². The maximum atomic E-state index is 2.39. The Kier molecular flexibility index (Phi) is 1.86. The molecule has 0 radical (unpaired) electrons. The molecule has 0 spiro atoms. The van der Waals surface area contributed by atoms with E-state index < -0.39 is 0 Å². The van der Waals surface area contributed by atoms with Crippen molar-refractivity contribution in [3.63, 3.8) is 0 Å². The second kappa shape index (κ2) is 3.11. The van der Waals surface area contributed by atoms with Crippen LogP contribution in [-0.2, 0) is 13.0 Å².